The van der Waals surface area contributed by atoms with E-state index in [-0.39, 0.29) is 6.04 Å². The first-order chi connectivity index (χ1) is 10.1. The highest BCUT2D eigenvalue weighted by molar-refractivity contribution is 6.30. The summed E-state index contributed by atoms with van der Waals surface area (Å²) in [6, 6.07) is 11.7. The zero-order chi connectivity index (χ0) is 14.8. The number of ether oxygens (including phenoxy) is 2. The molecule has 0 aliphatic carbocycles. The molecule has 110 valence electrons. The molecule has 3 rings (SSSR count). The molecule has 0 aromatic heterocycles. The number of halogens is 1. The van der Waals surface area contributed by atoms with Gasteiger partial charge in [-0.25, -0.2) is 0 Å². The van der Waals surface area contributed by atoms with Gasteiger partial charge in [0.15, 0.2) is 0 Å². The molecule has 0 spiro atoms. The summed E-state index contributed by atoms with van der Waals surface area (Å²) in [6.45, 7) is 3.12. The first-order valence-electron chi connectivity index (χ1n) is 7.06. The number of benzene rings is 2. The lowest BCUT2D eigenvalue weighted by Crippen LogP contribution is -2.04. The van der Waals surface area contributed by atoms with Crippen LogP contribution in [0.1, 0.15) is 29.7 Å². The SMILES string of the molecule is C[C@@H](N)c1ccc(OCc2cc(Cl)cc3c2OCC3)cc1. The number of fused-ring (bicyclic) bond motifs is 1. The third-order valence-corrected chi connectivity index (χ3v) is 3.84. The number of hydrogen-bond acceptors (Lipinski definition) is 3. The van der Waals surface area contributed by atoms with Crippen LogP contribution in [0.3, 0.4) is 0 Å². The summed E-state index contributed by atoms with van der Waals surface area (Å²) in [5.74, 6) is 1.73. The second-order valence-corrected chi connectivity index (χ2v) is 5.73. The maximum atomic E-state index is 6.14. The van der Waals surface area contributed by atoms with Gasteiger partial charge in [-0.15, -0.1) is 0 Å². The van der Waals surface area contributed by atoms with Crippen molar-refractivity contribution < 1.29 is 9.47 Å². The molecule has 4 heteroatoms. The summed E-state index contributed by atoms with van der Waals surface area (Å²) in [7, 11) is 0. The Morgan fingerprint density at radius 3 is 2.76 bits per heavy atom. The van der Waals surface area contributed by atoms with Crippen LogP contribution in [0.15, 0.2) is 36.4 Å². The molecule has 0 saturated carbocycles. The summed E-state index contributed by atoms with van der Waals surface area (Å²) in [4.78, 5) is 0. The minimum atomic E-state index is 0.0312. The molecule has 0 bridgehead atoms. The molecule has 21 heavy (non-hydrogen) atoms. The van der Waals surface area contributed by atoms with Gasteiger partial charge in [0, 0.05) is 23.0 Å². The summed E-state index contributed by atoms with van der Waals surface area (Å²) < 4.78 is 11.5. The average Bonchev–Trinajstić information content (AvgIpc) is 2.93. The van der Waals surface area contributed by atoms with E-state index in [1.54, 1.807) is 0 Å². The minimum Gasteiger partial charge on any atom is -0.493 e. The fraction of sp³-hybridized carbons (Fsp3) is 0.294. The molecule has 1 aliphatic rings. The second-order valence-electron chi connectivity index (χ2n) is 5.30. The first kappa shape index (κ1) is 14.2. The van der Waals surface area contributed by atoms with Crippen molar-refractivity contribution >= 4 is 11.6 Å². The van der Waals surface area contributed by atoms with Crippen molar-refractivity contribution in [1.29, 1.82) is 0 Å². The van der Waals surface area contributed by atoms with Crippen LogP contribution >= 0.6 is 11.6 Å². The highest BCUT2D eigenvalue weighted by Gasteiger charge is 2.17. The predicted octanol–water partition coefficient (Wildman–Crippen LogP) is 3.87. The largest absolute Gasteiger partial charge is 0.493 e. The van der Waals surface area contributed by atoms with Crippen LogP contribution in [-0.2, 0) is 13.0 Å². The molecular weight excluding hydrogens is 286 g/mol. The van der Waals surface area contributed by atoms with E-state index in [1.807, 2.05) is 43.3 Å². The lowest BCUT2D eigenvalue weighted by molar-refractivity contribution is 0.292. The van der Waals surface area contributed by atoms with E-state index in [0.29, 0.717) is 13.2 Å². The highest BCUT2D eigenvalue weighted by atomic mass is 35.5. The van der Waals surface area contributed by atoms with E-state index in [2.05, 4.69) is 0 Å². The number of nitrogens with two attached hydrogens (primary N) is 1. The molecule has 3 nitrogen and oxygen atoms in total. The van der Waals surface area contributed by atoms with Gasteiger partial charge in [-0.05, 0) is 42.3 Å². The van der Waals surface area contributed by atoms with Crippen LogP contribution < -0.4 is 15.2 Å². The van der Waals surface area contributed by atoms with E-state index < -0.39 is 0 Å². The Morgan fingerprint density at radius 2 is 2.05 bits per heavy atom. The van der Waals surface area contributed by atoms with E-state index in [9.17, 15) is 0 Å². The van der Waals surface area contributed by atoms with E-state index in [4.69, 9.17) is 26.8 Å². The summed E-state index contributed by atoms with van der Waals surface area (Å²) >= 11 is 6.14. The second kappa shape index (κ2) is 5.96. The van der Waals surface area contributed by atoms with Crippen molar-refractivity contribution in [3.8, 4) is 11.5 Å². The van der Waals surface area contributed by atoms with E-state index in [1.165, 1.54) is 0 Å². The maximum Gasteiger partial charge on any atom is 0.129 e. The van der Waals surface area contributed by atoms with Gasteiger partial charge in [0.05, 0.1) is 6.61 Å². The van der Waals surface area contributed by atoms with Crippen LogP contribution in [0.2, 0.25) is 5.02 Å². The van der Waals surface area contributed by atoms with Crippen molar-refractivity contribution in [3.05, 3.63) is 58.1 Å². The van der Waals surface area contributed by atoms with E-state index in [0.717, 1.165) is 39.6 Å². The van der Waals surface area contributed by atoms with E-state index >= 15 is 0 Å². The Hall–Kier alpha value is -1.71. The van der Waals surface area contributed by atoms with Crippen molar-refractivity contribution in [2.75, 3.05) is 6.61 Å². The monoisotopic (exact) mass is 303 g/mol. The Morgan fingerprint density at radius 1 is 1.29 bits per heavy atom. The first-order valence-corrected chi connectivity index (χ1v) is 7.44. The van der Waals surface area contributed by atoms with Gasteiger partial charge >= 0.3 is 0 Å². The third kappa shape index (κ3) is 3.14. The van der Waals surface area contributed by atoms with Crippen LogP contribution in [0.5, 0.6) is 11.5 Å². The van der Waals surface area contributed by atoms with Gasteiger partial charge < -0.3 is 15.2 Å². The fourth-order valence-electron chi connectivity index (χ4n) is 2.48. The van der Waals surface area contributed by atoms with Crippen LogP contribution in [0.4, 0.5) is 0 Å². The van der Waals surface area contributed by atoms with Crippen molar-refractivity contribution in [3.63, 3.8) is 0 Å². The standard InChI is InChI=1S/C17H18ClNO2/c1-11(19)12-2-4-16(5-3-12)21-10-14-9-15(18)8-13-6-7-20-17(13)14/h2-5,8-9,11H,6-7,10,19H2,1H3/t11-/m1/s1. The molecule has 1 aliphatic heterocycles. The molecule has 1 atom stereocenters. The van der Waals surface area contributed by atoms with Crippen molar-refractivity contribution in [1.82, 2.24) is 0 Å². The topological polar surface area (TPSA) is 44.5 Å². The van der Waals surface area contributed by atoms with Crippen molar-refractivity contribution in [2.24, 2.45) is 5.73 Å². The molecular formula is C17H18ClNO2. The predicted molar refractivity (Wildman–Crippen MR) is 84.0 cm³/mol. The van der Waals surface area contributed by atoms with Crippen LogP contribution in [0.25, 0.3) is 0 Å². The molecule has 0 fully saturated rings. The molecule has 0 radical (unpaired) electrons. The normalized spacial score (nSPS) is 14.4. The zero-order valence-corrected chi connectivity index (χ0v) is 12.7. The Bertz CT molecular complexity index is 638. The summed E-state index contributed by atoms with van der Waals surface area (Å²) in [6.07, 6.45) is 0.909. The van der Waals surface area contributed by atoms with Gasteiger partial charge in [-0.2, -0.15) is 0 Å². The van der Waals surface area contributed by atoms with Gasteiger partial charge in [-0.1, -0.05) is 23.7 Å². The van der Waals surface area contributed by atoms with Crippen LogP contribution in [-0.4, -0.2) is 6.61 Å². The molecule has 0 amide bonds. The van der Waals surface area contributed by atoms with Gasteiger partial charge in [0.1, 0.15) is 18.1 Å². The molecule has 2 aromatic carbocycles. The molecule has 1 heterocycles. The molecule has 2 N–H and O–H groups in total. The highest BCUT2D eigenvalue weighted by Crippen LogP contribution is 2.33. The third-order valence-electron chi connectivity index (χ3n) is 3.63. The smallest absolute Gasteiger partial charge is 0.129 e. The van der Waals surface area contributed by atoms with Crippen molar-refractivity contribution in [2.45, 2.75) is 26.0 Å². The maximum absolute atomic E-state index is 6.14. The average molecular weight is 304 g/mol. The molecule has 2 aromatic rings. The number of hydrogen-bond donors (Lipinski definition) is 1. The molecule has 0 unspecified atom stereocenters. The summed E-state index contributed by atoms with van der Waals surface area (Å²) in [5, 5.41) is 0.727. The zero-order valence-electron chi connectivity index (χ0n) is 11.9. The fourth-order valence-corrected chi connectivity index (χ4v) is 2.75. The minimum absolute atomic E-state index is 0.0312. The molecule has 0 saturated heterocycles. The summed E-state index contributed by atoms with van der Waals surface area (Å²) in [5.41, 5.74) is 9.08. The number of rotatable bonds is 4. The lowest BCUT2D eigenvalue weighted by atomic mass is 10.1. The van der Waals surface area contributed by atoms with Crippen LogP contribution in [0, 0.1) is 0 Å². The Balaban J connectivity index is 1.73. The van der Waals surface area contributed by atoms with Gasteiger partial charge in [0.25, 0.3) is 0 Å². The Labute approximate surface area is 129 Å². The lowest BCUT2D eigenvalue weighted by Gasteiger charge is -2.12. The van der Waals surface area contributed by atoms with Gasteiger partial charge in [0.2, 0.25) is 0 Å². The quantitative estimate of drug-likeness (QED) is 0.932. The Kier molecular flexibility index (Phi) is 4.04. The van der Waals surface area contributed by atoms with Gasteiger partial charge in [-0.3, -0.25) is 0 Å².